The van der Waals surface area contributed by atoms with Crippen molar-refractivity contribution < 1.29 is 9.47 Å². The maximum absolute atomic E-state index is 6.47. The van der Waals surface area contributed by atoms with Gasteiger partial charge < -0.3 is 14.5 Å². The number of aryl methyl sites for hydroxylation is 1. The Morgan fingerprint density at radius 1 is 1.03 bits per heavy atom. The average molecular weight is 461 g/mol. The molecule has 1 aliphatic rings. The minimum Gasteiger partial charge on any atom is -0.457 e. The third-order valence-electron chi connectivity index (χ3n) is 6.00. The number of nitrogens with zero attached hydrogens (tertiary/aromatic N) is 5. The van der Waals surface area contributed by atoms with Crippen LogP contribution in [0.25, 0.3) is 33.3 Å². The molecule has 1 N–H and O–H groups in total. The van der Waals surface area contributed by atoms with Crippen LogP contribution in [0, 0.1) is 6.92 Å². The molecule has 33 heavy (non-hydrogen) atoms. The lowest BCUT2D eigenvalue weighted by Crippen LogP contribution is -2.20. The summed E-state index contributed by atoms with van der Waals surface area (Å²) in [6.45, 7) is 2.64. The van der Waals surface area contributed by atoms with E-state index in [-0.39, 0.29) is 5.60 Å². The van der Waals surface area contributed by atoms with Crippen LogP contribution < -0.4 is 4.74 Å². The van der Waals surface area contributed by atoms with E-state index in [2.05, 4.69) is 20.1 Å². The summed E-state index contributed by atoms with van der Waals surface area (Å²) >= 11 is 6.47. The zero-order chi connectivity index (χ0) is 22.6. The predicted molar refractivity (Wildman–Crippen MR) is 126 cm³/mol. The van der Waals surface area contributed by atoms with Gasteiger partial charge in [-0.3, -0.25) is 4.68 Å². The highest BCUT2D eigenvalue weighted by atomic mass is 35.5. The number of methoxy groups -OCH3 is 1. The lowest BCUT2D eigenvalue weighted by molar-refractivity contribution is 0.0620. The number of ether oxygens (including phenoxy) is 2. The largest absolute Gasteiger partial charge is 0.457 e. The fourth-order valence-electron chi connectivity index (χ4n) is 4.01. The van der Waals surface area contributed by atoms with E-state index in [0.29, 0.717) is 39.9 Å². The second-order valence-corrected chi connectivity index (χ2v) is 8.79. The van der Waals surface area contributed by atoms with Gasteiger partial charge in [0.05, 0.1) is 40.4 Å². The van der Waals surface area contributed by atoms with E-state index in [9.17, 15) is 0 Å². The Bertz CT molecular complexity index is 1500. The van der Waals surface area contributed by atoms with Crippen molar-refractivity contribution >= 4 is 33.7 Å². The minimum atomic E-state index is -0.0910. The first-order chi connectivity index (χ1) is 16.0. The number of fused-ring (bicyclic) bond motifs is 2. The van der Waals surface area contributed by atoms with E-state index < -0.39 is 0 Å². The number of aromatic nitrogens is 6. The van der Waals surface area contributed by atoms with Crippen LogP contribution >= 0.6 is 11.6 Å². The van der Waals surface area contributed by atoms with Gasteiger partial charge in [-0.15, -0.1) is 0 Å². The van der Waals surface area contributed by atoms with Gasteiger partial charge in [-0.1, -0.05) is 11.6 Å². The van der Waals surface area contributed by atoms with Gasteiger partial charge in [0.1, 0.15) is 23.0 Å². The minimum absolute atomic E-state index is 0.0910. The molecule has 3 aromatic heterocycles. The molecule has 1 saturated carbocycles. The van der Waals surface area contributed by atoms with Crippen LogP contribution in [-0.4, -0.2) is 42.4 Å². The monoisotopic (exact) mass is 460 g/mol. The van der Waals surface area contributed by atoms with Crippen molar-refractivity contribution in [1.82, 2.24) is 29.7 Å². The Balaban J connectivity index is 1.30. The van der Waals surface area contributed by atoms with Gasteiger partial charge >= 0.3 is 0 Å². The zero-order valence-corrected chi connectivity index (χ0v) is 18.9. The highest BCUT2D eigenvalue weighted by molar-refractivity contribution is 6.32. The Morgan fingerprint density at radius 3 is 2.61 bits per heavy atom. The van der Waals surface area contributed by atoms with Crippen molar-refractivity contribution in [2.24, 2.45) is 0 Å². The highest BCUT2D eigenvalue weighted by Crippen LogP contribution is 2.40. The average Bonchev–Trinajstić information content (AvgIpc) is 3.24. The molecule has 0 amide bonds. The van der Waals surface area contributed by atoms with Crippen LogP contribution in [0.5, 0.6) is 11.5 Å². The summed E-state index contributed by atoms with van der Waals surface area (Å²) in [7, 11) is 1.75. The Hall–Kier alpha value is -3.49. The van der Waals surface area contributed by atoms with Gasteiger partial charge in [0.15, 0.2) is 5.15 Å². The molecular weight excluding hydrogens is 440 g/mol. The van der Waals surface area contributed by atoms with Crippen molar-refractivity contribution in [2.45, 2.75) is 31.9 Å². The quantitative estimate of drug-likeness (QED) is 0.369. The van der Waals surface area contributed by atoms with Gasteiger partial charge in [-0.2, -0.15) is 5.10 Å². The number of halogens is 1. The van der Waals surface area contributed by atoms with E-state index in [4.69, 9.17) is 26.1 Å². The van der Waals surface area contributed by atoms with Crippen LogP contribution in [0.2, 0.25) is 5.15 Å². The third kappa shape index (κ3) is 3.81. The smallest absolute Gasteiger partial charge is 0.156 e. The van der Waals surface area contributed by atoms with Crippen molar-refractivity contribution in [3.8, 4) is 22.8 Å². The van der Waals surface area contributed by atoms with Gasteiger partial charge in [-0.05, 0) is 44.0 Å². The number of aromatic amines is 1. The second kappa shape index (κ2) is 7.54. The molecular formula is C24H21ClN6O2. The van der Waals surface area contributed by atoms with Gasteiger partial charge in [0.2, 0.25) is 0 Å². The number of H-pyrrole nitrogens is 1. The molecule has 9 heteroatoms. The maximum Gasteiger partial charge on any atom is 0.156 e. The molecule has 2 aromatic carbocycles. The third-order valence-corrected chi connectivity index (χ3v) is 6.26. The van der Waals surface area contributed by atoms with E-state index in [1.54, 1.807) is 13.3 Å². The highest BCUT2D eigenvalue weighted by Gasteiger charge is 2.43. The Kier molecular flexibility index (Phi) is 4.60. The molecule has 0 bridgehead atoms. The van der Waals surface area contributed by atoms with E-state index in [1.165, 1.54) is 0 Å². The number of nitrogens with one attached hydrogen (secondary N) is 1. The molecule has 0 spiro atoms. The molecule has 1 aliphatic carbocycles. The van der Waals surface area contributed by atoms with Crippen LogP contribution in [0.4, 0.5) is 0 Å². The maximum atomic E-state index is 6.47. The number of rotatable bonds is 6. The summed E-state index contributed by atoms with van der Waals surface area (Å²) < 4.78 is 13.6. The summed E-state index contributed by atoms with van der Waals surface area (Å²) in [5, 5.41) is 4.80. The summed E-state index contributed by atoms with van der Waals surface area (Å²) in [5.74, 6) is 2.23. The van der Waals surface area contributed by atoms with Crippen molar-refractivity contribution in [3.63, 3.8) is 0 Å². The van der Waals surface area contributed by atoms with Crippen LogP contribution in [0.15, 0.2) is 48.8 Å². The molecule has 3 heterocycles. The second-order valence-electron chi connectivity index (χ2n) is 8.43. The predicted octanol–water partition coefficient (Wildman–Crippen LogP) is 5.30. The first kappa shape index (κ1) is 20.1. The normalized spacial score (nSPS) is 14.8. The van der Waals surface area contributed by atoms with E-state index in [1.807, 2.05) is 54.2 Å². The molecule has 1 fully saturated rings. The molecule has 0 radical (unpaired) electrons. The first-order valence-corrected chi connectivity index (χ1v) is 11.1. The number of hydrogen-bond donors (Lipinski definition) is 1. The fourth-order valence-corrected chi connectivity index (χ4v) is 4.25. The number of imidazole rings is 1. The van der Waals surface area contributed by atoms with Gasteiger partial charge in [0.25, 0.3) is 0 Å². The molecule has 0 unspecified atom stereocenters. The summed E-state index contributed by atoms with van der Waals surface area (Å²) in [6, 6.07) is 11.3. The molecule has 0 saturated heterocycles. The topological polar surface area (TPSA) is 90.7 Å². The zero-order valence-electron chi connectivity index (χ0n) is 18.2. The molecule has 5 aromatic rings. The summed E-state index contributed by atoms with van der Waals surface area (Å²) in [6.07, 6.45) is 5.79. The first-order valence-electron chi connectivity index (χ1n) is 10.7. The summed E-state index contributed by atoms with van der Waals surface area (Å²) in [4.78, 5) is 16.9. The summed E-state index contributed by atoms with van der Waals surface area (Å²) in [5.41, 5.74) is 4.53. The van der Waals surface area contributed by atoms with Crippen LogP contribution in [0.3, 0.4) is 0 Å². The van der Waals surface area contributed by atoms with Crippen molar-refractivity contribution in [1.29, 1.82) is 0 Å². The van der Waals surface area contributed by atoms with Crippen molar-refractivity contribution in [2.75, 3.05) is 7.11 Å². The van der Waals surface area contributed by atoms with Gasteiger partial charge in [0, 0.05) is 31.0 Å². The number of benzene rings is 2. The van der Waals surface area contributed by atoms with E-state index in [0.717, 1.165) is 35.3 Å². The lowest BCUT2D eigenvalue weighted by Gasteiger charge is -2.12. The standard InChI is InChI=1S/C24H21ClN6O2/c1-14-27-18-5-3-16(9-20(18)28-14)33-17-4-6-19-21(10-17)29-22(23(25)30-19)15-11-26-31(12-15)13-24(32-2)7-8-24/h3-6,9-12H,7-8,13H2,1-2H3,(H,27,28). The molecule has 8 nitrogen and oxygen atoms in total. The SMILES string of the molecule is COC1(Cn2cc(-c3nc4cc(Oc5ccc6nc(C)[nH]c6c5)ccc4nc3Cl)cn2)CC1. The molecule has 0 atom stereocenters. The molecule has 166 valence electrons. The van der Waals surface area contributed by atoms with Crippen LogP contribution in [0.1, 0.15) is 18.7 Å². The molecule has 6 rings (SSSR count). The Morgan fingerprint density at radius 2 is 1.82 bits per heavy atom. The van der Waals surface area contributed by atoms with E-state index >= 15 is 0 Å². The lowest BCUT2D eigenvalue weighted by atomic mass is 10.2. The van der Waals surface area contributed by atoms with Gasteiger partial charge in [-0.25, -0.2) is 15.0 Å². The van der Waals surface area contributed by atoms with Crippen LogP contribution in [-0.2, 0) is 11.3 Å². The Labute approximate surface area is 194 Å². The molecule has 0 aliphatic heterocycles. The fraction of sp³-hybridized carbons (Fsp3) is 0.250. The van der Waals surface area contributed by atoms with Crippen molar-refractivity contribution in [3.05, 3.63) is 59.8 Å². The number of hydrogen-bond acceptors (Lipinski definition) is 6.